The highest BCUT2D eigenvalue weighted by Crippen LogP contribution is 2.18. The molecule has 0 bridgehead atoms. The Balaban J connectivity index is 1.83. The fourth-order valence-electron chi connectivity index (χ4n) is 4.49. The van der Waals surface area contributed by atoms with Crippen LogP contribution in [0.25, 0.3) is 0 Å². The zero-order valence-electron chi connectivity index (χ0n) is 21.1. The minimum atomic E-state index is -4.48. The van der Waals surface area contributed by atoms with Gasteiger partial charge in [0.2, 0.25) is 0 Å². The molecular formula is C28H49FO3S. The normalized spacial score (nSPS) is 11.8. The molecule has 1 aromatic carbocycles. The van der Waals surface area contributed by atoms with E-state index in [-0.39, 0.29) is 0 Å². The molecule has 3 nitrogen and oxygen atoms in total. The number of halogens is 1. The topological polar surface area (TPSA) is 54.4 Å². The van der Waals surface area contributed by atoms with Crippen molar-refractivity contribution in [3.8, 4) is 0 Å². The molecule has 0 fully saturated rings. The fraction of sp³-hybridized carbons (Fsp3) is 0.786. The molecule has 0 saturated carbocycles. The van der Waals surface area contributed by atoms with Crippen LogP contribution in [0.5, 0.6) is 0 Å². The Kier molecular flexibility index (Phi) is 17.7. The molecule has 0 aliphatic heterocycles. The molecule has 1 aromatic rings. The van der Waals surface area contributed by atoms with E-state index in [0.717, 1.165) is 30.9 Å². The van der Waals surface area contributed by atoms with E-state index in [1.165, 1.54) is 122 Å². The largest absolute Gasteiger partial charge is 0.297 e. The van der Waals surface area contributed by atoms with Crippen molar-refractivity contribution in [1.29, 1.82) is 0 Å². The lowest BCUT2D eigenvalue weighted by Crippen LogP contribution is -2.02. The first-order valence-corrected chi connectivity index (χ1v) is 15.1. The summed E-state index contributed by atoms with van der Waals surface area (Å²) in [6.45, 7) is 2.28. The van der Waals surface area contributed by atoms with E-state index in [9.17, 15) is 12.8 Å². The molecule has 1 N–H and O–H groups in total. The predicted octanol–water partition coefficient (Wildman–Crippen LogP) is 9.44. The van der Waals surface area contributed by atoms with Crippen LogP contribution in [0.2, 0.25) is 0 Å². The summed E-state index contributed by atoms with van der Waals surface area (Å²) in [5.41, 5.74) is 0.780. The molecule has 33 heavy (non-hydrogen) atoms. The molecule has 0 spiro atoms. The SMILES string of the molecule is CCCCCCCCCCCCCCCCCCCCCCc1ccc(S(=O)(=O)O)c(F)c1. The van der Waals surface area contributed by atoms with Crippen molar-refractivity contribution in [2.75, 3.05) is 0 Å². The van der Waals surface area contributed by atoms with E-state index in [1.807, 2.05) is 0 Å². The van der Waals surface area contributed by atoms with Crippen LogP contribution in [0.1, 0.15) is 141 Å². The molecule has 0 radical (unpaired) electrons. The average molecular weight is 485 g/mol. The van der Waals surface area contributed by atoms with Gasteiger partial charge in [0.25, 0.3) is 10.1 Å². The highest BCUT2D eigenvalue weighted by atomic mass is 32.2. The van der Waals surface area contributed by atoms with Crippen LogP contribution in [0.15, 0.2) is 23.1 Å². The fourth-order valence-corrected chi connectivity index (χ4v) is 5.04. The van der Waals surface area contributed by atoms with Crippen LogP contribution in [0.3, 0.4) is 0 Å². The molecule has 0 atom stereocenters. The molecule has 0 unspecified atom stereocenters. The van der Waals surface area contributed by atoms with Crippen molar-refractivity contribution in [1.82, 2.24) is 0 Å². The lowest BCUT2D eigenvalue weighted by molar-refractivity contribution is 0.473. The van der Waals surface area contributed by atoms with Gasteiger partial charge in [-0.2, -0.15) is 8.42 Å². The second-order valence-corrected chi connectivity index (χ2v) is 11.1. The lowest BCUT2D eigenvalue weighted by atomic mass is 10.0. The van der Waals surface area contributed by atoms with Gasteiger partial charge >= 0.3 is 0 Å². The van der Waals surface area contributed by atoms with Crippen molar-refractivity contribution in [3.63, 3.8) is 0 Å². The average Bonchev–Trinajstić information content (AvgIpc) is 2.77. The van der Waals surface area contributed by atoms with E-state index in [2.05, 4.69) is 6.92 Å². The number of rotatable bonds is 22. The molecule has 1 rings (SSSR count). The van der Waals surface area contributed by atoms with E-state index in [1.54, 1.807) is 6.07 Å². The van der Waals surface area contributed by atoms with Gasteiger partial charge in [-0.05, 0) is 30.5 Å². The van der Waals surface area contributed by atoms with Gasteiger partial charge in [0.1, 0.15) is 10.7 Å². The third kappa shape index (κ3) is 16.3. The van der Waals surface area contributed by atoms with E-state index < -0.39 is 20.8 Å². The maximum absolute atomic E-state index is 13.8. The Labute approximate surface area is 203 Å². The van der Waals surface area contributed by atoms with Gasteiger partial charge < -0.3 is 0 Å². The van der Waals surface area contributed by atoms with Crippen molar-refractivity contribution >= 4 is 10.1 Å². The van der Waals surface area contributed by atoms with Gasteiger partial charge in [-0.1, -0.05) is 135 Å². The Morgan fingerprint density at radius 3 is 1.33 bits per heavy atom. The molecule has 0 amide bonds. The molecule has 5 heteroatoms. The highest BCUT2D eigenvalue weighted by molar-refractivity contribution is 7.85. The molecule has 0 aromatic heterocycles. The number of aryl methyl sites for hydroxylation is 1. The summed E-state index contributed by atoms with van der Waals surface area (Å²) in [7, 11) is -4.48. The van der Waals surface area contributed by atoms with Crippen molar-refractivity contribution < 1.29 is 17.4 Å². The van der Waals surface area contributed by atoms with Crippen molar-refractivity contribution in [3.05, 3.63) is 29.6 Å². The minimum Gasteiger partial charge on any atom is -0.282 e. The van der Waals surface area contributed by atoms with Crippen molar-refractivity contribution in [2.45, 2.75) is 147 Å². The molecule has 0 aliphatic rings. The standard InChI is InChI=1S/C28H49FO3S/c1-2-3-4-5-6-7-8-9-10-11-12-13-14-15-16-17-18-19-20-21-22-26-23-24-28(27(29)25-26)33(30,31)32/h23-25H,2-22H2,1H3,(H,30,31,32). The summed E-state index contributed by atoms with van der Waals surface area (Å²) < 4.78 is 44.8. The summed E-state index contributed by atoms with van der Waals surface area (Å²) in [4.78, 5) is -0.644. The zero-order chi connectivity index (χ0) is 24.2. The van der Waals surface area contributed by atoms with E-state index in [0.29, 0.717) is 0 Å². The van der Waals surface area contributed by atoms with Crippen LogP contribution < -0.4 is 0 Å². The number of unbranched alkanes of at least 4 members (excludes halogenated alkanes) is 19. The Bertz CT molecular complexity index is 703. The van der Waals surface area contributed by atoms with Gasteiger partial charge in [0, 0.05) is 0 Å². The predicted molar refractivity (Wildman–Crippen MR) is 138 cm³/mol. The van der Waals surface area contributed by atoms with Gasteiger partial charge in [-0.15, -0.1) is 0 Å². The maximum Gasteiger partial charge on any atom is 0.297 e. The first-order valence-electron chi connectivity index (χ1n) is 13.7. The van der Waals surface area contributed by atoms with Gasteiger partial charge in [0.15, 0.2) is 0 Å². The second-order valence-electron chi connectivity index (χ2n) is 9.71. The summed E-state index contributed by atoms with van der Waals surface area (Å²) in [6, 6.07) is 3.96. The van der Waals surface area contributed by atoms with Crippen molar-refractivity contribution in [2.24, 2.45) is 0 Å². The molecule has 192 valence electrons. The maximum atomic E-state index is 13.8. The quantitative estimate of drug-likeness (QED) is 0.132. The molecule has 0 heterocycles. The molecule has 0 saturated heterocycles. The zero-order valence-corrected chi connectivity index (χ0v) is 21.9. The second kappa shape index (κ2) is 19.4. The van der Waals surface area contributed by atoms with Crippen LogP contribution in [0, 0.1) is 5.82 Å². The number of hydrogen-bond donors (Lipinski definition) is 1. The van der Waals surface area contributed by atoms with Crippen LogP contribution in [-0.2, 0) is 16.5 Å². The smallest absolute Gasteiger partial charge is 0.282 e. The van der Waals surface area contributed by atoms with Crippen LogP contribution >= 0.6 is 0 Å². The summed E-state index contributed by atoms with van der Waals surface area (Å²) in [5, 5.41) is 0. The van der Waals surface area contributed by atoms with Crippen LogP contribution in [0.4, 0.5) is 4.39 Å². The van der Waals surface area contributed by atoms with Gasteiger partial charge in [-0.3, -0.25) is 4.55 Å². The number of hydrogen-bond acceptors (Lipinski definition) is 2. The third-order valence-electron chi connectivity index (χ3n) is 6.59. The number of benzene rings is 1. The van der Waals surface area contributed by atoms with Gasteiger partial charge in [-0.25, -0.2) is 4.39 Å². The first kappa shape index (κ1) is 30.1. The summed E-state index contributed by atoms with van der Waals surface area (Å²) in [5.74, 6) is -0.872. The molecular weight excluding hydrogens is 435 g/mol. The summed E-state index contributed by atoms with van der Waals surface area (Å²) in [6.07, 6.45) is 27.6. The van der Waals surface area contributed by atoms with E-state index >= 15 is 0 Å². The Morgan fingerprint density at radius 2 is 1.00 bits per heavy atom. The summed E-state index contributed by atoms with van der Waals surface area (Å²) >= 11 is 0. The first-order chi connectivity index (χ1) is 15.9. The highest BCUT2D eigenvalue weighted by Gasteiger charge is 2.15. The lowest BCUT2D eigenvalue weighted by Gasteiger charge is -2.05. The monoisotopic (exact) mass is 484 g/mol. The third-order valence-corrected chi connectivity index (χ3v) is 7.48. The van der Waals surface area contributed by atoms with Gasteiger partial charge in [0.05, 0.1) is 0 Å². The van der Waals surface area contributed by atoms with Crippen LogP contribution in [-0.4, -0.2) is 13.0 Å². The molecule has 0 aliphatic carbocycles. The minimum absolute atomic E-state index is 0.644. The Hall–Kier alpha value is -0.940. The van der Waals surface area contributed by atoms with E-state index in [4.69, 9.17) is 4.55 Å². The Morgan fingerprint density at radius 1 is 0.636 bits per heavy atom.